The minimum absolute atomic E-state index is 0.572. The smallest absolute Gasteiger partial charge is 0.226 e. The number of aryl methyl sites for hydroxylation is 1. The lowest BCUT2D eigenvalue weighted by atomic mass is 10.2. The van der Waals surface area contributed by atoms with E-state index in [4.69, 9.17) is 21.8 Å². The molecule has 0 aliphatic carbocycles. The third-order valence-electron chi connectivity index (χ3n) is 2.35. The SMILES string of the molecule is Cc1oc(-c2cccc(Cl)c2)nc1CCN. The number of oxazole rings is 1. The molecule has 2 N–H and O–H groups in total. The zero-order valence-corrected chi connectivity index (χ0v) is 9.79. The number of halogens is 1. The van der Waals surface area contributed by atoms with E-state index in [9.17, 15) is 0 Å². The van der Waals surface area contributed by atoms with Gasteiger partial charge in [-0.2, -0.15) is 0 Å². The topological polar surface area (TPSA) is 52.0 Å². The van der Waals surface area contributed by atoms with E-state index in [0.717, 1.165) is 23.4 Å². The van der Waals surface area contributed by atoms with E-state index >= 15 is 0 Å². The Kier molecular flexibility index (Phi) is 3.27. The van der Waals surface area contributed by atoms with Crippen molar-refractivity contribution in [3.8, 4) is 11.5 Å². The van der Waals surface area contributed by atoms with Gasteiger partial charge in [0.25, 0.3) is 0 Å². The molecule has 0 aliphatic heterocycles. The summed E-state index contributed by atoms with van der Waals surface area (Å²) >= 11 is 5.91. The molecule has 1 aromatic carbocycles. The summed E-state index contributed by atoms with van der Waals surface area (Å²) in [7, 11) is 0. The lowest BCUT2D eigenvalue weighted by molar-refractivity contribution is 0.539. The van der Waals surface area contributed by atoms with Crippen molar-refractivity contribution < 1.29 is 4.42 Å². The molecule has 2 aromatic rings. The van der Waals surface area contributed by atoms with Crippen molar-refractivity contribution in [2.75, 3.05) is 6.54 Å². The Morgan fingerprint density at radius 3 is 2.94 bits per heavy atom. The maximum Gasteiger partial charge on any atom is 0.226 e. The van der Waals surface area contributed by atoms with Gasteiger partial charge in [-0.05, 0) is 31.7 Å². The van der Waals surface area contributed by atoms with Crippen molar-refractivity contribution in [1.82, 2.24) is 4.98 Å². The van der Waals surface area contributed by atoms with Gasteiger partial charge in [-0.3, -0.25) is 0 Å². The van der Waals surface area contributed by atoms with Crippen LogP contribution in [0, 0.1) is 6.92 Å². The van der Waals surface area contributed by atoms with Crippen molar-refractivity contribution >= 4 is 11.6 Å². The number of nitrogens with two attached hydrogens (primary N) is 1. The van der Waals surface area contributed by atoms with Gasteiger partial charge < -0.3 is 10.2 Å². The standard InChI is InChI=1S/C12H13ClN2O/c1-8-11(5-6-14)15-12(16-8)9-3-2-4-10(13)7-9/h2-4,7H,5-6,14H2,1H3. The summed E-state index contributed by atoms with van der Waals surface area (Å²) in [6, 6.07) is 7.45. The molecule has 0 saturated carbocycles. The van der Waals surface area contributed by atoms with Crippen molar-refractivity contribution in [2.45, 2.75) is 13.3 Å². The highest BCUT2D eigenvalue weighted by Crippen LogP contribution is 2.24. The molecule has 84 valence electrons. The average Bonchev–Trinajstić information content (AvgIpc) is 2.61. The quantitative estimate of drug-likeness (QED) is 0.892. The Morgan fingerprint density at radius 1 is 1.44 bits per heavy atom. The molecule has 0 bridgehead atoms. The molecular formula is C12H13ClN2O. The maximum atomic E-state index is 5.91. The van der Waals surface area contributed by atoms with E-state index in [1.807, 2.05) is 31.2 Å². The van der Waals surface area contributed by atoms with Gasteiger partial charge in [0.1, 0.15) is 5.76 Å². The molecule has 0 fully saturated rings. The minimum atomic E-state index is 0.572. The zero-order chi connectivity index (χ0) is 11.5. The van der Waals surface area contributed by atoms with Crippen LogP contribution in [0.3, 0.4) is 0 Å². The van der Waals surface area contributed by atoms with Crippen molar-refractivity contribution in [3.05, 3.63) is 40.7 Å². The molecule has 0 unspecified atom stereocenters. The third-order valence-corrected chi connectivity index (χ3v) is 2.58. The first-order valence-electron chi connectivity index (χ1n) is 5.13. The summed E-state index contributed by atoms with van der Waals surface area (Å²) in [5, 5.41) is 0.675. The van der Waals surface area contributed by atoms with Gasteiger partial charge in [0, 0.05) is 17.0 Å². The van der Waals surface area contributed by atoms with Crippen LogP contribution in [0.25, 0.3) is 11.5 Å². The summed E-state index contributed by atoms with van der Waals surface area (Å²) in [4.78, 5) is 4.41. The minimum Gasteiger partial charge on any atom is -0.441 e. The average molecular weight is 237 g/mol. The third kappa shape index (κ3) is 2.26. The van der Waals surface area contributed by atoms with Crippen LogP contribution in [0.2, 0.25) is 5.02 Å². The van der Waals surface area contributed by atoms with Crippen LogP contribution < -0.4 is 5.73 Å². The number of nitrogens with zero attached hydrogens (tertiary/aromatic N) is 1. The van der Waals surface area contributed by atoms with Crippen LogP contribution in [-0.2, 0) is 6.42 Å². The maximum absolute atomic E-state index is 5.91. The fourth-order valence-corrected chi connectivity index (χ4v) is 1.73. The largest absolute Gasteiger partial charge is 0.441 e. The normalized spacial score (nSPS) is 10.7. The van der Waals surface area contributed by atoms with Crippen molar-refractivity contribution in [2.24, 2.45) is 5.73 Å². The number of benzene rings is 1. The molecule has 3 nitrogen and oxygen atoms in total. The van der Waals surface area contributed by atoms with Crippen LogP contribution in [0.1, 0.15) is 11.5 Å². The van der Waals surface area contributed by atoms with Crippen LogP contribution in [0.15, 0.2) is 28.7 Å². The van der Waals surface area contributed by atoms with Crippen LogP contribution in [0.5, 0.6) is 0 Å². The van der Waals surface area contributed by atoms with Crippen molar-refractivity contribution in [3.63, 3.8) is 0 Å². The molecule has 0 spiro atoms. The summed E-state index contributed by atoms with van der Waals surface area (Å²) in [6.07, 6.45) is 0.732. The highest BCUT2D eigenvalue weighted by molar-refractivity contribution is 6.30. The number of hydrogen-bond acceptors (Lipinski definition) is 3. The Hall–Kier alpha value is -1.32. The van der Waals surface area contributed by atoms with Crippen molar-refractivity contribution in [1.29, 1.82) is 0 Å². The van der Waals surface area contributed by atoms with Gasteiger partial charge in [0.2, 0.25) is 5.89 Å². The Bertz CT molecular complexity index is 494. The van der Waals surface area contributed by atoms with Crippen LogP contribution in [-0.4, -0.2) is 11.5 Å². The summed E-state index contributed by atoms with van der Waals surface area (Å²) < 4.78 is 5.58. The van der Waals surface area contributed by atoms with E-state index < -0.39 is 0 Å². The molecule has 2 rings (SSSR count). The molecule has 0 atom stereocenters. The van der Waals surface area contributed by atoms with Crippen LogP contribution >= 0.6 is 11.6 Å². The number of aromatic nitrogens is 1. The Labute approximate surface area is 99.2 Å². The molecule has 1 aromatic heterocycles. The molecule has 16 heavy (non-hydrogen) atoms. The van der Waals surface area contributed by atoms with E-state index in [1.165, 1.54) is 0 Å². The lowest BCUT2D eigenvalue weighted by Gasteiger charge is -1.95. The predicted octanol–water partition coefficient (Wildman–Crippen LogP) is 2.80. The van der Waals surface area contributed by atoms with Gasteiger partial charge >= 0.3 is 0 Å². The highest BCUT2D eigenvalue weighted by Gasteiger charge is 2.10. The molecule has 0 saturated heterocycles. The molecular weight excluding hydrogens is 224 g/mol. The van der Waals surface area contributed by atoms with Gasteiger partial charge in [0.15, 0.2) is 0 Å². The van der Waals surface area contributed by atoms with Gasteiger partial charge in [0.05, 0.1) is 5.69 Å². The summed E-state index contributed by atoms with van der Waals surface area (Å²) in [5.74, 6) is 1.42. The summed E-state index contributed by atoms with van der Waals surface area (Å²) in [6.45, 7) is 2.47. The van der Waals surface area contributed by atoms with E-state index in [1.54, 1.807) is 0 Å². The first-order valence-corrected chi connectivity index (χ1v) is 5.51. The Morgan fingerprint density at radius 2 is 2.25 bits per heavy atom. The van der Waals surface area contributed by atoms with E-state index in [-0.39, 0.29) is 0 Å². The second-order valence-corrected chi connectivity index (χ2v) is 4.01. The lowest BCUT2D eigenvalue weighted by Crippen LogP contribution is -2.03. The molecule has 0 aliphatic rings. The fraction of sp³-hybridized carbons (Fsp3) is 0.250. The van der Waals surface area contributed by atoms with Gasteiger partial charge in [-0.25, -0.2) is 4.98 Å². The van der Waals surface area contributed by atoms with Gasteiger partial charge in [-0.1, -0.05) is 17.7 Å². The van der Waals surface area contributed by atoms with Gasteiger partial charge in [-0.15, -0.1) is 0 Å². The van der Waals surface area contributed by atoms with Crippen LogP contribution in [0.4, 0.5) is 0 Å². The first kappa shape index (κ1) is 11.2. The number of hydrogen-bond donors (Lipinski definition) is 1. The molecule has 0 amide bonds. The van der Waals surface area contributed by atoms with E-state index in [0.29, 0.717) is 17.5 Å². The predicted molar refractivity (Wildman–Crippen MR) is 64.4 cm³/mol. The first-order chi connectivity index (χ1) is 7.70. The summed E-state index contributed by atoms with van der Waals surface area (Å²) in [5.41, 5.74) is 7.30. The van der Waals surface area contributed by atoms with E-state index in [2.05, 4.69) is 4.98 Å². The molecule has 0 radical (unpaired) electrons. The molecule has 4 heteroatoms. The highest BCUT2D eigenvalue weighted by atomic mass is 35.5. The molecule has 1 heterocycles. The monoisotopic (exact) mass is 236 g/mol. The number of rotatable bonds is 3. The second kappa shape index (κ2) is 4.68. The fourth-order valence-electron chi connectivity index (χ4n) is 1.54. The Balaban J connectivity index is 2.37. The zero-order valence-electron chi connectivity index (χ0n) is 9.03. The second-order valence-electron chi connectivity index (χ2n) is 3.57.